The van der Waals surface area contributed by atoms with Crippen molar-refractivity contribution in [2.45, 2.75) is 11.8 Å². The van der Waals surface area contributed by atoms with Crippen molar-refractivity contribution in [3.63, 3.8) is 0 Å². The third-order valence-corrected chi connectivity index (χ3v) is 3.56. The molecule has 8 nitrogen and oxygen atoms in total. The molecule has 0 spiro atoms. The lowest BCUT2D eigenvalue weighted by Crippen LogP contribution is -2.25. The van der Waals surface area contributed by atoms with Crippen molar-refractivity contribution in [3.05, 3.63) is 28.3 Å². The number of nitro groups is 1. The van der Waals surface area contributed by atoms with Gasteiger partial charge in [0.15, 0.2) is 0 Å². The van der Waals surface area contributed by atoms with E-state index in [1.165, 1.54) is 0 Å². The van der Waals surface area contributed by atoms with E-state index in [0.717, 1.165) is 18.2 Å². The van der Waals surface area contributed by atoms with E-state index in [9.17, 15) is 18.5 Å². The second-order valence-electron chi connectivity index (χ2n) is 3.08. The molecule has 17 heavy (non-hydrogen) atoms. The van der Waals surface area contributed by atoms with Crippen molar-refractivity contribution in [3.8, 4) is 0 Å². The predicted molar refractivity (Wildman–Crippen MR) is 61.8 cm³/mol. The van der Waals surface area contributed by atoms with Gasteiger partial charge in [0, 0.05) is 18.7 Å². The van der Waals surface area contributed by atoms with Gasteiger partial charge in [0.05, 0.1) is 10.6 Å². The number of hydrazine groups is 1. The number of anilines is 1. The van der Waals surface area contributed by atoms with Crippen molar-refractivity contribution >= 4 is 21.4 Å². The average molecular weight is 260 g/mol. The number of nitrogens with one attached hydrogen (secondary N) is 2. The Morgan fingerprint density at radius 2 is 2.12 bits per heavy atom. The van der Waals surface area contributed by atoms with Crippen LogP contribution < -0.4 is 16.0 Å². The third-order valence-electron chi connectivity index (χ3n) is 1.95. The van der Waals surface area contributed by atoms with Crippen molar-refractivity contribution in [2.24, 2.45) is 5.84 Å². The zero-order valence-electron chi connectivity index (χ0n) is 9.00. The standard InChI is InChI=1S/C8H12N4O4S/c1-2-10-17(15,16)8-4-3-6(12(13)14)5-7(8)11-9/h3-5,10-11H,2,9H2,1H3. The fourth-order valence-corrected chi connectivity index (χ4v) is 2.44. The Labute approximate surface area is 98.0 Å². The Morgan fingerprint density at radius 1 is 1.47 bits per heavy atom. The van der Waals surface area contributed by atoms with Crippen LogP contribution in [-0.4, -0.2) is 19.9 Å². The lowest BCUT2D eigenvalue weighted by atomic mass is 10.3. The van der Waals surface area contributed by atoms with Gasteiger partial charge in [-0.3, -0.25) is 16.0 Å². The van der Waals surface area contributed by atoms with Crippen LogP contribution in [0, 0.1) is 10.1 Å². The Balaban J connectivity index is 3.31. The molecule has 0 bridgehead atoms. The van der Waals surface area contributed by atoms with Gasteiger partial charge in [-0.15, -0.1) is 0 Å². The molecule has 9 heteroatoms. The lowest BCUT2D eigenvalue weighted by Gasteiger charge is -2.09. The SMILES string of the molecule is CCNS(=O)(=O)c1ccc([N+](=O)[O-])cc1NN. The van der Waals surface area contributed by atoms with Crippen LogP contribution in [0.4, 0.5) is 11.4 Å². The number of non-ortho nitro benzene ring substituents is 1. The molecule has 0 saturated carbocycles. The minimum Gasteiger partial charge on any atom is -0.323 e. The molecule has 0 unspecified atom stereocenters. The van der Waals surface area contributed by atoms with Gasteiger partial charge in [-0.25, -0.2) is 13.1 Å². The molecule has 0 saturated heterocycles. The number of benzene rings is 1. The fraction of sp³-hybridized carbons (Fsp3) is 0.250. The number of nitrogens with two attached hydrogens (primary N) is 1. The first-order valence-electron chi connectivity index (χ1n) is 4.67. The number of hydrogen-bond donors (Lipinski definition) is 3. The summed E-state index contributed by atoms with van der Waals surface area (Å²) in [5.41, 5.74) is 1.86. The van der Waals surface area contributed by atoms with Gasteiger partial charge in [-0.1, -0.05) is 6.92 Å². The van der Waals surface area contributed by atoms with Crippen molar-refractivity contribution in [1.29, 1.82) is 0 Å². The second kappa shape index (κ2) is 5.08. The fourth-order valence-electron chi connectivity index (χ4n) is 1.25. The molecular formula is C8H12N4O4S. The minimum absolute atomic E-state index is 0.0276. The normalized spacial score (nSPS) is 11.2. The molecule has 1 aromatic rings. The van der Waals surface area contributed by atoms with Crippen LogP contribution in [-0.2, 0) is 10.0 Å². The molecule has 1 rings (SSSR count). The molecule has 0 heterocycles. The number of rotatable bonds is 5. The van der Waals surface area contributed by atoms with E-state index < -0.39 is 14.9 Å². The molecule has 0 fully saturated rings. The topological polar surface area (TPSA) is 127 Å². The third kappa shape index (κ3) is 2.90. The van der Waals surface area contributed by atoms with Crippen molar-refractivity contribution in [2.75, 3.05) is 12.0 Å². The largest absolute Gasteiger partial charge is 0.323 e. The molecule has 0 amide bonds. The Hall–Kier alpha value is -1.71. The summed E-state index contributed by atoms with van der Waals surface area (Å²) in [6.45, 7) is 1.84. The van der Waals surface area contributed by atoms with Gasteiger partial charge in [0.1, 0.15) is 4.90 Å². The number of nitro benzene ring substituents is 1. The molecule has 0 atom stereocenters. The first-order valence-corrected chi connectivity index (χ1v) is 6.15. The predicted octanol–water partition coefficient (Wildman–Crippen LogP) is 0.179. The number of sulfonamides is 1. The first kappa shape index (κ1) is 13.4. The molecule has 0 aromatic heterocycles. The summed E-state index contributed by atoms with van der Waals surface area (Å²) in [6, 6.07) is 3.29. The smallest absolute Gasteiger partial charge is 0.271 e. The summed E-state index contributed by atoms with van der Waals surface area (Å²) in [5.74, 6) is 5.15. The van der Waals surface area contributed by atoms with Gasteiger partial charge in [0.25, 0.3) is 5.69 Å². The van der Waals surface area contributed by atoms with Crippen LogP contribution in [0.25, 0.3) is 0 Å². The van der Waals surface area contributed by atoms with Crippen LogP contribution in [0.2, 0.25) is 0 Å². The summed E-state index contributed by atoms with van der Waals surface area (Å²) in [7, 11) is -3.71. The maximum atomic E-state index is 11.7. The van der Waals surface area contributed by atoms with Gasteiger partial charge in [0.2, 0.25) is 10.0 Å². The summed E-state index contributed by atoms with van der Waals surface area (Å²) in [4.78, 5) is 9.76. The van der Waals surface area contributed by atoms with Gasteiger partial charge in [-0.05, 0) is 6.07 Å². The van der Waals surface area contributed by atoms with E-state index in [2.05, 4.69) is 10.1 Å². The van der Waals surface area contributed by atoms with Crippen molar-refractivity contribution < 1.29 is 13.3 Å². The van der Waals surface area contributed by atoms with Gasteiger partial charge >= 0.3 is 0 Å². The number of nitrogens with zero attached hydrogens (tertiary/aromatic N) is 1. The zero-order valence-corrected chi connectivity index (χ0v) is 9.82. The zero-order chi connectivity index (χ0) is 13.1. The highest BCUT2D eigenvalue weighted by atomic mass is 32.2. The molecule has 0 aliphatic carbocycles. The van der Waals surface area contributed by atoms with Gasteiger partial charge in [-0.2, -0.15) is 0 Å². The Kier molecular flexibility index (Phi) is 3.99. The molecule has 94 valence electrons. The van der Waals surface area contributed by atoms with Crippen LogP contribution in [0.5, 0.6) is 0 Å². The second-order valence-corrected chi connectivity index (χ2v) is 4.82. The van der Waals surface area contributed by atoms with E-state index in [-0.39, 0.29) is 22.8 Å². The van der Waals surface area contributed by atoms with E-state index in [1.54, 1.807) is 6.92 Å². The number of nitrogen functional groups attached to an aromatic ring is 1. The van der Waals surface area contributed by atoms with Gasteiger partial charge < -0.3 is 5.43 Å². The maximum Gasteiger partial charge on any atom is 0.271 e. The number of hydrogen-bond acceptors (Lipinski definition) is 6. The molecule has 0 aliphatic heterocycles. The van der Waals surface area contributed by atoms with Crippen LogP contribution in [0.1, 0.15) is 6.92 Å². The van der Waals surface area contributed by atoms with E-state index in [0.29, 0.717) is 0 Å². The Morgan fingerprint density at radius 3 is 2.59 bits per heavy atom. The summed E-state index contributed by atoms with van der Waals surface area (Å²) < 4.78 is 25.7. The highest BCUT2D eigenvalue weighted by Gasteiger charge is 2.20. The minimum atomic E-state index is -3.71. The van der Waals surface area contributed by atoms with Crippen LogP contribution >= 0.6 is 0 Å². The van der Waals surface area contributed by atoms with E-state index in [4.69, 9.17) is 5.84 Å². The first-order chi connectivity index (χ1) is 7.92. The lowest BCUT2D eigenvalue weighted by molar-refractivity contribution is -0.384. The van der Waals surface area contributed by atoms with E-state index >= 15 is 0 Å². The average Bonchev–Trinajstić information content (AvgIpc) is 2.28. The molecule has 1 aromatic carbocycles. The molecule has 0 aliphatic rings. The highest BCUT2D eigenvalue weighted by Crippen LogP contribution is 2.25. The quantitative estimate of drug-likeness (QED) is 0.393. The molecule has 4 N–H and O–H groups in total. The Bertz CT molecular complexity index is 528. The van der Waals surface area contributed by atoms with Crippen LogP contribution in [0.15, 0.2) is 23.1 Å². The molecule has 0 radical (unpaired) electrons. The monoisotopic (exact) mass is 260 g/mol. The highest BCUT2D eigenvalue weighted by molar-refractivity contribution is 7.89. The summed E-state index contributed by atoms with van der Waals surface area (Å²) in [6.07, 6.45) is 0. The summed E-state index contributed by atoms with van der Waals surface area (Å²) >= 11 is 0. The maximum absolute atomic E-state index is 11.7. The summed E-state index contributed by atoms with van der Waals surface area (Å²) in [5, 5.41) is 10.5. The molecular weight excluding hydrogens is 248 g/mol. The van der Waals surface area contributed by atoms with E-state index in [1.807, 2.05) is 0 Å². The van der Waals surface area contributed by atoms with Crippen molar-refractivity contribution in [1.82, 2.24) is 4.72 Å². The van der Waals surface area contributed by atoms with Crippen LogP contribution in [0.3, 0.4) is 0 Å².